The van der Waals surface area contributed by atoms with Crippen LogP contribution in [0.1, 0.15) is 36.6 Å². The van der Waals surface area contributed by atoms with E-state index in [4.69, 9.17) is 26.1 Å². The Kier molecular flexibility index (Phi) is 4.81. The molecular formula is C19H20N4O3S. The van der Waals surface area contributed by atoms with E-state index in [2.05, 4.69) is 22.2 Å². The molecule has 140 valence electrons. The summed E-state index contributed by atoms with van der Waals surface area (Å²) in [6, 6.07) is 11.3. The van der Waals surface area contributed by atoms with Crippen molar-refractivity contribution in [1.29, 1.82) is 0 Å². The molecule has 2 aromatic heterocycles. The maximum atomic E-state index is 5.84. The molecule has 1 fully saturated rings. The van der Waals surface area contributed by atoms with E-state index < -0.39 is 0 Å². The minimum atomic E-state index is 0.209. The Morgan fingerprint density at radius 1 is 1.37 bits per heavy atom. The van der Waals surface area contributed by atoms with Gasteiger partial charge in [-0.2, -0.15) is 14.9 Å². The fourth-order valence-electron chi connectivity index (χ4n) is 2.85. The van der Waals surface area contributed by atoms with Crippen molar-refractivity contribution in [3.63, 3.8) is 0 Å². The number of H-pyrrole nitrogens is 1. The van der Waals surface area contributed by atoms with E-state index in [-0.39, 0.29) is 6.61 Å². The highest BCUT2D eigenvalue weighted by molar-refractivity contribution is 7.71. The van der Waals surface area contributed by atoms with Gasteiger partial charge in [-0.15, -0.1) is 0 Å². The van der Waals surface area contributed by atoms with Crippen molar-refractivity contribution in [2.45, 2.75) is 25.9 Å². The minimum absolute atomic E-state index is 0.209. The molecule has 27 heavy (non-hydrogen) atoms. The molecule has 4 rings (SSSR count). The quantitative estimate of drug-likeness (QED) is 0.490. The lowest BCUT2D eigenvalue weighted by atomic mass is 10.3. The first kappa shape index (κ1) is 17.5. The van der Waals surface area contributed by atoms with Gasteiger partial charge in [0.1, 0.15) is 29.6 Å². The number of aromatic nitrogens is 3. The average molecular weight is 384 g/mol. The van der Waals surface area contributed by atoms with Crippen LogP contribution in [0.3, 0.4) is 0 Å². The summed E-state index contributed by atoms with van der Waals surface area (Å²) in [6.45, 7) is 2.43. The first-order valence-electron chi connectivity index (χ1n) is 8.71. The summed E-state index contributed by atoms with van der Waals surface area (Å²) in [5.41, 5.74) is 0. The van der Waals surface area contributed by atoms with E-state index in [1.54, 1.807) is 19.4 Å². The largest absolute Gasteiger partial charge is 0.497 e. The van der Waals surface area contributed by atoms with Crippen molar-refractivity contribution >= 4 is 18.4 Å². The van der Waals surface area contributed by atoms with Crippen molar-refractivity contribution < 1.29 is 13.9 Å². The van der Waals surface area contributed by atoms with Crippen LogP contribution >= 0.6 is 12.2 Å². The lowest BCUT2D eigenvalue weighted by molar-refractivity contribution is 0.288. The molecule has 7 nitrogen and oxygen atoms in total. The van der Waals surface area contributed by atoms with Gasteiger partial charge in [-0.25, -0.2) is 5.10 Å². The van der Waals surface area contributed by atoms with E-state index >= 15 is 0 Å². The van der Waals surface area contributed by atoms with Crippen LogP contribution in [0, 0.1) is 10.7 Å². The first-order chi connectivity index (χ1) is 13.1. The van der Waals surface area contributed by atoms with Gasteiger partial charge in [0.25, 0.3) is 0 Å². The van der Waals surface area contributed by atoms with Gasteiger partial charge >= 0.3 is 0 Å². The van der Waals surface area contributed by atoms with Crippen LogP contribution in [0.15, 0.2) is 45.9 Å². The van der Waals surface area contributed by atoms with E-state index in [1.165, 1.54) is 11.1 Å². The normalized spacial score (nSPS) is 18.7. The monoisotopic (exact) mass is 384 g/mol. The Labute approximate surface area is 161 Å². The highest BCUT2D eigenvalue weighted by Gasteiger charge is 2.36. The summed E-state index contributed by atoms with van der Waals surface area (Å²) < 4.78 is 18.7. The second-order valence-electron chi connectivity index (χ2n) is 6.53. The molecule has 1 aromatic carbocycles. The zero-order valence-corrected chi connectivity index (χ0v) is 15.9. The topological polar surface area (TPSA) is 77.6 Å². The molecule has 1 aliphatic carbocycles. The van der Waals surface area contributed by atoms with Gasteiger partial charge in [0.05, 0.1) is 13.3 Å². The molecule has 1 aliphatic rings. The summed E-state index contributed by atoms with van der Waals surface area (Å²) in [5, 5.41) is 11.3. The summed E-state index contributed by atoms with van der Waals surface area (Å²) in [7, 11) is 1.61. The van der Waals surface area contributed by atoms with Crippen LogP contribution in [-0.4, -0.2) is 28.2 Å². The van der Waals surface area contributed by atoms with Crippen molar-refractivity contribution in [2.75, 3.05) is 7.11 Å². The lowest BCUT2D eigenvalue weighted by Gasteiger charge is -2.06. The van der Waals surface area contributed by atoms with Crippen LogP contribution < -0.4 is 9.47 Å². The molecular weight excluding hydrogens is 364 g/mol. The van der Waals surface area contributed by atoms with Gasteiger partial charge in [0.2, 0.25) is 4.77 Å². The van der Waals surface area contributed by atoms with Crippen LogP contribution in [0.25, 0.3) is 0 Å². The van der Waals surface area contributed by atoms with Crippen LogP contribution in [-0.2, 0) is 6.61 Å². The van der Waals surface area contributed by atoms with Crippen molar-refractivity contribution in [2.24, 2.45) is 11.0 Å². The molecule has 0 saturated heterocycles. The third-order valence-electron chi connectivity index (χ3n) is 4.55. The zero-order valence-electron chi connectivity index (χ0n) is 15.1. The molecule has 2 heterocycles. The van der Waals surface area contributed by atoms with E-state index in [0.717, 1.165) is 11.5 Å². The Morgan fingerprint density at radius 3 is 2.96 bits per heavy atom. The lowest BCUT2D eigenvalue weighted by Crippen LogP contribution is -2.04. The Hall–Kier alpha value is -2.87. The van der Waals surface area contributed by atoms with Crippen molar-refractivity contribution in [3.05, 3.63) is 58.5 Å². The molecule has 0 aliphatic heterocycles. The van der Waals surface area contributed by atoms with Gasteiger partial charge in [-0.05, 0) is 48.8 Å². The van der Waals surface area contributed by atoms with Gasteiger partial charge in [0.15, 0.2) is 5.82 Å². The minimum Gasteiger partial charge on any atom is -0.497 e. The molecule has 1 N–H and O–H groups in total. The highest BCUT2D eigenvalue weighted by Crippen LogP contribution is 2.47. The summed E-state index contributed by atoms with van der Waals surface area (Å²) in [6.07, 6.45) is 2.82. The van der Waals surface area contributed by atoms with Gasteiger partial charge in [-0.3, -0.25) is 0 Å². The van der Waals surface area contributed by atoms with Crippen molar-refractivity contribution in [3.8, 4) is 11.5 Å². The number of aromatic amines is 1. The highest BCUT2D eigenvalue weighted by atomic mass is 32.1. The van der Waals surface area contributed by atoms with Crippen LogP contribution in [0.2, 0.25) is 0 Å². The molecule has 0 radical (unpaired) electrons. The second kappa shape index (κ2) is 7.40. The standard InChI is InChI=1S/C19H20N4O3S/c1-12-8-16(12)17-7-6-15(26-17)10-20-23-18(21-22-19(23)27)11-25-14-5-3-4-13(9-14)24-2/h3-7,9-10,12,16H,8,11H2,1-2H3,(H,22,27)/b20-10-/t12-,16+/m0/s1. The molecule has 0 spiro atoms. The molecule has 3 aromatic rings. The number of nitrogens with zero attached hydrogens (tertiary/aromatic N) is 3. The molecule has 0 amide bonds. The molecule has 0 bridgehead atoms. The SMILES string of the molecule is COc1cccc(OCc2n[nH]c(=S)n2/N=C\c2ccc([C@@H]3C[C@@H]3C)o2)c1. The Bertz CT molecular complexity index is 1020. The first-order valence-corrected chi connectivity index (χ1v) is 9.12. The number of furan rings is 1. The third-order valence-corrected chi connectivity index (χ3v) is 4.81. The summed E-state index contributed by atoms with van der Waals surface area (Å²) >= 11 is 5.26. The number of methoxy groups -OCH3 is 1. The van der Waals surface area contributed by atoms with Crippen molar-refractivity contribution in [1.82, 2.24) is 14.9 Å². The van der Waals surface area contributed by atoms with E-state index in [9.17, 15) is 0 Å². The zero-order chi connectivity index (χ0) is 18.8. The molecule has 1 saturated carbocycles. The summed E-state index contributed by atoms with van der Waals surface area (Å²) in [4.78, 5) is 0. The number of rotatable bonds is 7. The van der Waals surface area contributed by atoms with Gasteiger partial charge in [-0.1, -0.05) is 13.0 Å². The fourth-order valence-corrected chi connectivity index (χ4v) is 3.04. The van der Waals surface area contributed by atoms with E-state index in [1.807, 2.05) is 30.3 Å². The smallest absolute Gasteiger partial charge is 0.216 e. The maximum Gasteiger partial charge on any atom is 0.216 e. The second-order valence-corrected chi connectivity index (χ2v) is 6.92. The Morgan fingerprint density at radius 2 is 2.19 bits per heavy atom. The van der Waals surface area contributed by atoms with E-state index in [0.29, 0.717) is 33.9 Å². The number of benzene rings is 1. The van der Waals surface area contributed by atoms with Crippen LogP contribution in [0.5, 0.6) is 11.5 Å². The number of ether oxygens (including phenoxy) is 2. The van der Waals surface area contributed by atoms with Gasteiger partial charge in [0, 0.05) is 12.0 Å². The number of hydrogen-bond donors (Lipinski definition) is 1. The predicted molar refractivity (Wildman–Crippen MR) is 103 cm³/mol. The molecule has 0 unspecified atom stereocenters. The molecule has 2 atom stereocenters. The summed E-state index contributed by atoms with van der Waals surface area (Å²) in [5.74, 6) is 4.89. The van der Waals surface area contributed by atoms with Gasteiger partial charge < -0.3 is 13.9 Å². The average Bonchev–Trinajstić information content (AvgIpc) is 3.07. The Balaban J connectivity index is 1.46. The fraction of sp³-hybridized carbons (Fsp3) is 0.316. The maximum absolute atomic E-state index is 5.84. The van der Waals surface area contributed by atoms with Crippen LogP contribution in [0.4, 0.5) is 0 Å². The number of hydrogen-bond acceptors (Lipinski definition) is 6. The number of nitrogens with one attached hydrogen (secondary N) is 1. The molecule has 8 heteroatoms. The third kappa shape index (κ3) is 3.95. The predicted octanol–water partition coefficient (Wildman–Crippen LogP) is 4.13.